The zero-order valence-corrected chi connectivity index (χ0v) is 24.5. The second-order valence-electron chi connectivity index (χ2n) is 13.0. The number of nitrogens with zero attached hydrogens (tertiary/aromatic N) is 6. The van der Waals surface area contributed by atoms with Gasteiger partial charge >= 0.3 is 0 Å². The molecule has 3 N–H and O–H groups in total. The van der Waals surface area contributed by atoms with Gasteiger partial charge in [0.1, 0.15) is 0 Å². The summed E-state index contributed by atoms with van der Waals surface area (Å²) in [6, 6.07) is 18.8. The van der Waals surface area contributed by atoms with Gasteiger partial charge in [-0.05, 0) is 124 Å². The van der Waals surface area contributed by atoms with Gasteiger partial charge in [0.05, 0.1) is 5.69 Å². The quantitative estimate of drug-likeness (QED) is 0.293. The van der Waals surface area contributed by atoms with E-state index in [4.69, 9.17) is 5.73 Å². The van der Waals surface area contributed by atoms with Crippen LogP contribution in [0.2, 0.25) is 0 Å². The second-order valence-corrected chi connectivity index (χ2v) is 13.0. The first-order chi connectivity index (χ1) is 20.6. The summed E-state index contributed by atoms with van der Waals surface area (Å²) in [6.07, 6.45) is 13.6. The largest absolute Gasteiger partial charge is 0.366 e. The Kier molecular flexibility index (Phi) is 6.47. The fourth-order valence-electron chi connectivity index (χ4n) is 8.43. The maximum absolute atomic E-state index is 6.11. The van der Waals surface area contributed by atoms with E-state index in [1.54, 1.807) is 4.68 Å². The first-order valence-electron chi connectivity index (χ1n) is 15.9. The molecule has 0 saturated heterocycles. The molecule has 8 rings (SSSR count). The molecule has 8 heteroatoms. The Balaban J connectivity index is 1.02. The average Bonchev–Trinajstić information content (AvgIpc) is 3.66. The summed E-state index contributed by atoms with van der Waals surface area (Å²) in [5, 5.41) is 17.2. The lowest BCUT2D eigenvalue weighted by molar-refractivity contribution is 0.115. The minimum Gasteiger partial charge on any atom is -0.366 e. The number of nitrogen functional groups attached to an aromatic ring is 1. The van der Waals surface area contributed by atoms with Gasteiger partial charge in [-0.2, -0.15) is 9.67 Å². The third kappa shape index (κ3) is 4.66. The van der Waals surface area contributed by atoms with Crippen LogP contribution in [0, 0.1) is 11.8 Å². The fourth-order valence-corrected chi connectivity index (χ4v) is 8.43. The molecule has 4 aliphatic rings. The van der Waals surface area contributed by atoms with Gasteiger partial charge in [0.2, 0.25) is 11.9 Å². The van der Waals surface area contributed by atoms with Crippen molar-refractivity contribution in [2.24, 2.45) is 11.8 Å². The fraction of sp³-hybridized carbons (Fsp3) is 0.471. The molecule has 0 aliphatic heterocycles. The van der Waals surface area contributed by atoms with Gasteiger partial charge in [-0.25, -0.2) is 0 Å². The van der Waals surface area contributed by atoms with Crippen LogP contribution in [0.1, 0.15) is 67.2 Å². The van der Waals surface area contributed by atoms with Crippen molar-refractivity contribution in [1.82, 2.24) is 29.9 Å². The van der Waals surface area contributed by atoms with E-state index in [9.17, 15) is 0 Å². The summed E-state index contributed by atoms with van der Waals surface area (Å²) >= 11 is 0. The van der Waals surface area contributed by atoms with Gasteiger partial charge in [-0.3, -0.25) is 0 Å². The highest BCUT2D eigenvalue weighted by Crippen LogP contribution is 2.47. The van der Waals surface area contributed by atoms with Crippen molar-refractivity contribution >= 4 is 17.6 Å². The van der Waals surface area contributed by atoms with E-state index in [0.29, 0.717) is 17.8 Å². The number of hydrogen-bond acceptors (Lipinski definition) is 7. The predicted molar refractivity (Wildman–Crippen MR) is 166 cm³/mol. The molecule has 4 aromatic rings. The van der Waals surface area contributed by atoms with Crippen molar-refractivity contribution < 1.29 is 0 Å². The Morgan fingerprint density at radius 2 is 1.71 bits per heavy atom. The summed E-state index contributed by atoms with van der Waals surface area (Å²) in [7, 11) is 2.40. The lowest BCUT2D eigenvalue weighted by atomic mass is 9.92. The Morgan fingerprint density at radius 3 is 2.57 bits per heavy atom. The van der Waals surface area contributed by atoms with Gasteiger partial charge in [0, 0.05) is 23.3 Å². The molecule has 42 heavy (non-hydrogen) atoms. The zero-order chi connectivity index (χ0) is 28.2. The minimum atomic E-state index is 0.209. The van der Waals surface area contributed by atoms with E-state index >= 15 is 0 Å². The highest BCUT2D eigenvalue weighted by molar-refractivity contribution is 5.68. The maximum Gasteiger partial charge on any atom is 0.241 e. The standard InChI is InChI=1S/C34H40N8/c1-41(30-18-21-9-10-25(30)17-21)28-15-12-22-11-14-27(19-24(22)13-16-28)36-34-37-33(35)40-42(34)31-20-26-7-4-6-23-5-2-3-8-29(23)32(26)39-38-31/h2-3,5,8,11,14,19-21,25,28,30H,4,6-7,9-10,12-13,15-18H2,1H3,(H3,35,36,37,40). The second kappa shape index (κ2) is 10.5. The van der Waals surface area contributed by atoms with Crippen LogP contribution in [0.4, 0.5) is 17.6 Å². The van der Waals surface area contributed by atoms with Gasteiger partial charge in [0.15, 0.2) is 5.82 Å². The normalized spacial score (nSPS) is 24.5. The number of rotatable bonds is 5. The minimum absolute atomic E-state index is 0.209. The van der Waals surface area contributed by atoms with Crippen LogP contribution in [-0.4, -0.2) is 49.0 Å². The SMILES string of the molecule is CN(C1CCc2ccc(Nc3nc(N)nn3-c3cc4c(nn3)-c3ccccc3CCC4)cc2CC1)C1CC2CCC1C2. The van der Waals surface area contributed by atoms with Crippen molar-refractivity contribution in [1.29, 1.82) is 0 Å². The van der Waals surface area contributed by atoms with Gasteiger partial charge in [-0.1, -0.05) is 36.8 Å². The number of aromatic nitrogens is 5. The number of nitrogens with one attached hydrogen (secondary N) is 1. The first-order valence-corrected chi connectivity index (χ1v) is 15.9. The summed E-state index contributed by atoms with van der Waals surface area (Å²) in [6.45, 7) is 0. The van der Waals surface area contributed by atoms with Crippen LogP contribution in [0.3, 0.4) is 0 Å². The van der Waals surface area contributed by atoms with Crippen molar-refractivity contribution in [2.75, 3.05) is 18.1 Å². The molecule has 0 spiro atoms. The molecule has 0 amide bonds. The average molecular weight is 561 g/mol. The number of benzene rings is 2. The van der Waals surface area contributed by atoms with Crippen molar-refractivity contribution in [2.45, 2.75) is 82.7 Å². The summed E-state index contributed by atoms with van der Waals surface area (Å²) in [5.74, 6) is 3.31. The summed E-state index contributed by atoms with van der Waals surface area (Å²) in [5.41, 5.74) is 14.7. The Labute approximate surface area is 247 Å². The maximum atomic E-state index is 6.11. The smallest absolute Gasteiger partial charge is 0.241 e. The molecule has 8 nitrogen and oxygen atoms in total. The Morgan fingerprint density at radius 1 is 0.857 bits per heavy atom. The molecule has 2 saturated carbocycles. The summed E-state index contributed by atoms with van der Waals surface area (Å²) < 4.78 is 1.69. The first kappa shape index (κ1) is 25.9. The third-order valence-corrected chi connectivity index (χ3v) is 10.6. The lowest BCUT2D eigenvalue weighted by Crippen LogP contribution is -2.43. The van der Waals surface area contributed by atoms with Gasteiger partial charge in [-0.15, -0.1) is 15.3 Å². The van der Waals surface area contributed by atoms with Gasteiger partial charge < -0.3 is 16.0 Å². The van der Waals surface area contributed by atoms with Crippen LogP contribution in [0.5, 0.6) is 0 Å². The van der Waals surface area contributed by atoms with E-state index in [-0.39, 0.29) is 5.95 Å². The lowest BCUT2D eigenvalue weighted by Gasteiger charge is -2.37. The summed E-state index contributed by atoms with van der Waals surface area (Å²) in [4.78, 5) is 7.29. The van der Waals surface area contributed by atoms with Crippen molar-refractivity contribution in [3.05, 3.63) is 70.8 Å². The van der Waals surface area contributed by atoms with E-state index in [1.807, 2.05) is 0 Å². The molecule has 2 fully saturated rings. The molecule has 2 heterocycles. The molecular weight excluding hydrogens is 520 g/mol. The monoisotopic (exact) mass is 560 g/mol. The topological polar surface area (TPSA) is 97.8 Å². The van der Waals surface area contributed by atoms with Crippen LogP contribution >= 0.6 is 0 Å². The Bertz CT molecular complexity index is 1630. The number of hydrogen-bond donors (Lipinski definition) is 2. The van der Waals surface area contributed by atoms with E-state index in [0.717, 1.165) is 61.4 Å². The van der Waals surface area contributed by atoms with Crippen LogP contribution in [0.25, 0.3) is 17.1 Å². The number of fused-ring (bicyclic) bond motifs is 6. The number of anilines is 3. The third-order valence-electron chi connectivity index (χ3n) is 10.6. The number of aryl methyl sites for hydroxylation is 4. The molecule has 2 aromatic heterocycles. The van der Waals surface area contributed by atoms with Gasteiger partial charge in [0.25, 0.3) is 0 Å². The molecule has 4 unspecified atom stereocenters. The van der Waals surface area contributed by atoms with Crippen LogP contribution < -0.4 is 11.1 Å². The zero-order valence-electron chi connectivity index (χ0n) is 24.5. The van der Waals surface area contributed by atoms with Crippen molar-refractivity contribution in [3.63, 3.8) is 0 Å². The molecule has 2 bridgehead atoms. The molecule has 4 aliphatic carbocycles. The molecule has 2 aromatic carbocycles. The predicted octanol–water partition coefficient (Wildman–Crippen LogP) is 5.91. The molecular formula is C34H40N8. The van der Waals surface area contributed by atoms with Crippen LogP contribution in [-0.2, 0) is 25.7 Å². The molecule has 4 atom stereocenters. The highest BCUT2D eigenvalue weighted by atomic mass is 15.5. The van der Waals surface area contributed by atoms with Crippen molar-refractivity contribution in [3.8, 4) is 17.1 Å². The van der Waals surface area contributed by atoms with E-state index < -0.39 is 0 Å². The highest BCUT2D eigenvalue weighted by Gasteiger charge is 2.42. The Hall–Kier alpha value is -3.78. The van der Waals surface area contributed by atoms with Crippen LogP contribution in [0.15, 0.2) is 48.5 Å². The molecule has 0 radical (unpaired) electrons. The van der Waals surface area contributed by atoms with E-state index in [1.165, 1.54) is 66.3 Å². The van der Waals surface area contributed by atoms with E-state index in [2.05, 4.69) is 86.1 Å². The molecule has 216 valence electrons. The number of nitrogens with two attached hydrogens (primary N) is 1.